The first-order valence-electron chi connectivity index (χ1n) is 9.98. The van der Waals surface area contributed by atoms with Crippen molar-refractivity contribution in [1.82, 2.24) is 24.8 Å². The highest BCUT2D eigenvalue weighted by Gasteiger charge is 2.14. The summed E-state index contributed by atoms with van der Waals surface area (Å²) in [5.41, 5.74) is 5.89. The molecule has 3 aromatic heterocycles. The number of aromatic nitrogens is 4. The Bertz CT molecular complexity index is 1430. The van der Waals surface area contributed by atoms with Crippen LogP contribution in [-0.2, 0) is 0 Å². The molecule has 6 nitrogen and oxygen atoms in total. The monoisotopic (exact) mass is 412 g/mol. The first-order valence-corrected chi connectivity index (χ1v) is 10.4. The summed E-state index contributed by atoms with van der Waals surface area (Å²) in [5, 5.41) is 5.93. The molecule has 0 aliphatic carbocycles. The van der Waals surface area contributed by atoms with Gasteiger partial charge in [-0.25, -0.2) is 9.97 Å². The van der Waals surface area contributed by atoms with Gasteiger partial charge in [0.05, 0.1) is 33.1 Å². The fourth-order valence-electron chi connectivity index (χ4n) is 3.79. The summed E-state index contributed by atoms with van der Waals surface area (Å²) in [7, 11) is 0. The molecule has 0 saturated heterocycles. The molecule has 0 amide bonds. The van der Waals surface area contributed by atoms with Gasteiger partial charge in [0, 0.05) is 41.9 Å². The Kier molecular flexibility index (Phi) is 4.59. The van der Waals surface area contributed by atoms with Crippen molar-refractivity contribution in [3.8, 4) is 0 Å². The van der Waals surface area contributed by atoms with Crippen LogP contribution in [0.15, 0.2) is 54.9 Å². The SMILES string of the molecule is CCN(CC)C(=S)Nc1ccc2nc3c4cccnc4c4ncccc4c3nc2c1. The fraction of sp³-hybridized carbons (Fsp3) is 0.174. The first kappa shape index (κ1) is 18.6. The average molecular weight is 413 g/mol. The van der Waals surface area contributed by atoms with Crippen LogP contribution in [0.3, 0.4) is 0 Å². The van der Waals surface area contributed by atoms with E-state index in [9.17, 15) is 0 Å². The number of nitrogens with one attached hydrogen (secondary N) is 1. The Morgan fingerprint density at radius 2 is 1.43 bits per heavy atom. The van der Waals surface area contributed by atoms with Gasteiger partial charge in [-0.1, -0.05) is 0 Å². The van der Waals surface area contributed by atoms with Gasteiger partial charge < -0.3 is 10.2 Å². The van der Waals surface area contributed by atoms with Crippen LogP contribution in [0.25, 0.3) is 43.9 Å². The number of nitrogens with zero attached hydrogens (tertiary/aromatic N) is 5. The highest BCUT2D eigenvalue weighted by Crippen LogP contribution is 2.32. The Morgan fingerprint density at radius 1 is 0.833 bits per heavy atom. The maximum Gasteiger partial charge on any atom is 0.173 e. The molecule has 0 aliphatic heterocycles. The first-order chi connectivity index (χ1) is 14.7. The predicted octanol–water partition coefficient (Wildman–Crippen LogP) is 4.92. The molecule has 1 N–H and O–H groups in total. The van der Waals surface area contributed by atoms with Crippen molar-refractivity contribution in [3.63, 3.8) is 0 Å². The zero-order valence-electron chi connectivity index (χ0n) is 16.8. The molecular weight excluding hydrogens is 392 g/mol. The number of benzene rings is 2. The van der Waals surface area contributed by atoms with Crippen molar-refractivity contribution in [3.05, 3.63) is 54.9 Å². The lowest BCUT2D eigenvalue weighted by atomic mass is 10.1. The van der Waals surface area contributed by atoms with Crippen LogP contribution in [0.5, 0.6) is 0 Å². The number of hydrogen-bond acceptors (Lipinski definition) is 5. The molecule has 3 heterocycles. The standard InChI is InChI=1S/C23H20N6S/c1-3-29(4-2)23(30)26-14-9-10-17-18(13-14)28-22-16-8-6-12-25-20(16)19-15(21(22)27-17)7-5-11-24-19/h5-13H,3-4H2,1-2H3,(H,26,30). The third-order valence-corrected chi connectivity index (χ3v) is 5.68. The van der Waals surface area contributed by atoms with E-state index in [2.05, 4.69) is 34.0 Å². The lowest BCUT2D eigenvalue weighted by molar-refractivity contribution is 0.473. The number of pyridine rings is 2. The minimum absolute atomic E-state index is 0.708. The van der Waals surface area contributed by atoms with Gasteiger partial charge in [-0.05, 0) is 68.5 Å². The van der Waals surface area contributed by atoms with Crippen molar-refractivity contribution in [2.75, 3.05) is 18.4 Å². The van der Waals surface area contributed by atoms with E-state index in [-0.39, 0.29) is 0 Å². The molecule has 0 unspecified atom stereocenters. The molecule has 0 bridgehead atoms. The second kappa shape index (κ2) is 7.42. The van der Waals surface area contributed by atoms with Crippen LogP contribution in [0, 0.1) is 0 Å². The maximum absolute atomic E-state index is 5.54. The van der Waals surface area contributed by atoms with Crippen LogP contribution >= 0.6 is 12.2 Å². The van der Waals surface area contributed by atoms with Gasteiger partial charge in [0.15, 0.2) is 5.11 Å². The third-order valence-electron chi connectivity index (χ3n) is 5.32. The summed E-state index contributed by atoms with van der Waals surface area (Å²) < 4.78 is 0. The molecule has 7 heteroatoms. The summed E-state index contributed by atoms with van der Waals surface area (Å²) >= 11 is 5.54. The lowest BCUT2D eigenvalue weighted by Crippen LogP contribution is -2.34. The minimum Gasteiger partial charge on any atom is -0.350 e. The summed E-state index contributed by atoms with van der Waals surface area (Å²) in [6.45, 7) is 5.91. The third kappa shape index (κ3) is 2.98. The predicted molar refractivity (Wildman–Crippen MR) is 127 cm³/mol. The van der Waals surface area contributed by atoms with E-state index in [4.69, 9.17) is 22.2 Å². The van der Waals surface area contributed by atoms with Gasteiger partial charge in [0.1, 0.15) is 0 Å². The number of fused-ring (bicyclic) bond motifs is 7. The molecule has 30 heavy (non-hydrogen) atoms. The molecule has 2 aromatic carbocycles. The zero-order valence-corrected chi connectivity index (χ0v) is 17.6. The summed E-state index contributed by atoms with van der Waals surface area (Å²) in [4.78, 5) is 21.2. The Hall–Kier alpha value is -3.45. The van der Waals surface area contributed by atoms with Crippen molar-refractivity contribution in [2.24, 2.45) is 0 Å². The van der Waals surface area contributed by atoms with E-state index in [0.717, 1.165) is 62.6 Å². The quantitative estimate of drug-likeness (QED) is 0.256. The van der Waals surface area contributed by atoms with Crippen molar-refractivity contribution >= 4 is 66.9 Å². The lowest BCUT2D eigenvalue weighted by Gasteiger charge is -2.22. The number of rotatable bonds is 3. The van der Waals surface area contributed by atoms with Crippen molar-refractivity contribution < 1.29 is 0 Å². The Labute approximate surface area is 179 Å². The Morgan fingerprint density at radius 3 is 2.03 bits per heavy atom. The van der Waals surface area contributed by atoms with Crippen molar-refractivity contribution in [1.29, 1.82) is 0 Å². The van der Waals surface area contributed by atoms with Gasteiger partial charge in [0.25, 0.3) is 0 Å². The van der Waals surface area contributed by atoms with Gasteiger partial charge in [0.2, 0.25) is 0 Å². The number of hydrogen-bond donors (Lipinski definition) is 1. The summed E-state index contributed by atoms with van der Waals surface area (Å²) in [6.07, 6.45) is 3.57. The molecular formula is C23H20N6S. The van der Waals surface area contributed by atoms with Crippen LogP contribution in [0.1, 0.15) is 13.8 Å². The van der Waals surface area contributed by atoms with Crippen LogP contribution < -0.4 is 5.32 Å². The normalized spacial score (nSPS) is 11.4. The molecule has 0 aliphatic rings. The maximum atomic E-state index is 5.54. The molecule has 0 atom stereocenters. The van der Waals surface area contributed by atoms with Crippen LogP contribution in [0.4, 0.5) is 5.69 Å². The van der Waals surface area contributed by atoms with E-state index in [1.165, 1.54) is 0 Å². The van der Waals surface area contributed by atoms with E-state index >= 15 is 0 Å². The molecule has 5 aromatic rings. The van der Waals surface area contributed by atoms with Gasteiger partial charge >= 0.3 is 0 Å². The smallest absolute Gasteiger partial charge is 0.173 e. The van der Waals surface area contributed by atoms with Crippen LogP contribution in [0.2, 0.25) is 0 Å². The minimum atomic E-state index is 0.708. The second-order valence-corrected chi connectivity index (χ2v) is 7.41. The summed E-state index contributed by atoms with van der Waals surface area (Å²) in [6, 6.07) is 13.8. The van der Waals surface area contributed by atoms with Crippen LogP contribution in [-0.4, -0.2) is 43.0 Å². The fourth-order valence-corrected chi connectivity index (χ4v) is 4.17. The van der Waals surface area contributed by atoms with Crippen molar-refractivity contribution in [2.45, 2.75) is 13.8 Å². The average Bonchev–Trinajstić information content (AvgIpc) is 2.79. The van der Waals surface area contributed by atoms with E-state index < -0.39 is 0 Å². The number of anilines is 1. The largest absolute Gasteiger partial charge is 0.350 e. The van der Waals surface area contributed by atoms with E-state index in [0.29, 0.717) is 5.11 Å². The van der Waals surface area contributed by atoms with Gasteiger partial charge in [-0.3, -0.25) is 9.97 Å². The van der Waals surface area contributed by atoms with E-state index in [1.54, 1.807) is 12.4 Å². The molecule has 5 rings (SSSR count). The number of thiocarbonyl (C=S) groups is 1. The topological polar surface area (TPSA) is 66.8 Å². The molecule has 0 spiro atoms. The van der Waals surface area contributed by atoms with Gasteiger partial charge in [-0.15, -0.1) is 0 Å². The highest BCUT2D eigenvalue weighted by molar-refractivity contribution is 7.80. The molecule has 148 valence electrons. The Balaban J connectivity index is 1.73. The highest BCUT2D eigenvalue weighted by atomic mass is 32.1. The summed E-state index contributed by atoms with van der Waals surface area (Å²) in [5.74, 6) is 0. The zero-order chi connectivity index (χ0) is 20.7. The van der Waals surface area contributed by atoms with E-state index in [1.807, 2.05) is 42.5 Å². The van der Waals surface area contributed by atoms with Gasteiger partial charge in [-0.2, -0.15) is 0 Å². The molecule has 0 fully saturated rings. The molecule has 0 radical (unpaired) electrons. The molecule has 0 saturated carbocycles. The second-order valence-electron chi connectivity index (χ2n) is 7.03.